The van der Waals surface area contributed by atoms with Crippen LogP contribution in [0.25, 0.3) is 0 Å². The maximum atomic E-state index is 11.6. The SMILES string of the molecule is CCC(=O)C1CCCN1C(=O)CNC. The topological polar surface area (TPSA) is 49.4 Å². The molecule has 4 nitrogen and oxygen atoms in total. The number of likely N-dealkylation sites (N-methyl/N-ethyl adjacent to an activating group) is 1. The standard InChI is InChI=1S/C10H18N2O2/c1-3-9(13)8-5-4-6-12(8)10(14)7-11-2/h8,11H,3-7H2,1-2H3. The summed E-state index contributed by atoms with van der Waals surface area (Å²) in [4.78, 5) is 24.8. The van der Waals surface area contributed by atoms with Gasteiger partial charge in [0.15, 0.2) is 5.78 Å². The molecule has 0 aromatic carbocycles. The molecule has 0 spiro atoms. The van der Waals surface area contributed by atoms with Crippen LogP contribution in [0.3, 0.4) is 0 Å². The van der Waals surface area contributed by atoms with E-state index in [1.165, 1.54) is 0 Å². The van der Waals surface area contributed by atoms with Crippen molar-refractivity contribution in [1.29, 1.82) is 0 Å². The van der Waals surface area contributed by atoms with Crippen molar-refractivity contribution in [2.45, 2.75) is 32.2 Å². The molecule has 0 aromatic heterocycles. The first-order valence-corrected chi connectivity index (χ1v) is 5.17. The Morgan fingerprint density at radius 1 is 1.50 bits per heavy atom. The van der Waals surface area contributed by atoms with Gasteiger partial charge in [0.1, 0.15) is 0 Å². The van der Waals surface area contributed by atoms with Crippen LogP contribution in [0.4, 0.5) is 0 Å². The summed E-state index contributed by atoms with van der Waals surface area (Å²) in [6.07, 6.45) is 2.31. The molecule has 1 N–H and O–H groups in total. The fraction of sp³-hybridized carbons (Fsp3) is 0.800. The molecule has 0 aliphatic carbocycles. The van der Waals surface area contributed by atoms with Gasteiger partial charge in [-0.25, -0.2) is 0 Å². The number of Topliss-reactive ketones (excluding diaryl/α,β-unsaturated/α-hetero) is 1. The molecular formula is C10H18N2O2. The van der Waals surface area contributed by atoms with Crippen molar-refractivity contribution < 1.29 is 9.59 Å². The van der Waals surface area contributed by atoms with E-state index >= 15 is 0 Å². The van der Waals surface area contributed by atoms with Crippen LogP contribution in [-0.2, 0) is 9.59 Å². The number of amides is 1. The van der Waals surface area contributed by atoms with Crippen molar-refractivity contribution in [3.05, 3.63) is 0 Å². The van der Waals surface area contributed by atoms with Crippen LogP contribution in [0.1, 0.15) is 26.2 Å². The minimum Gasteiger partial charge on any atom is -0.332 e. The first kappa shape index (κ1) is 11.2. The van der Waals surface area contributed by atoms with Crippen molar-refractivity contribution in [3.8, 4) is 0 Å². The fourth-order valence-corrected chi connectivity index (χ4v) is 1.89. The van der Waals surface area contributed by atoms with Crippen molar-refractivity contribution in [3.63, 3.8) is 0 Å². The summed E-state index contributed by atoms with van der Waals surface area (Å²) >= 11 is 0. The molecule has 14 heavy (non-hydrogen) atoms. The predicted molar refractivity (Wildman–Crippen MR) is 54.0 cm³/mol. The molecule has 1 heterocycles. The van der Waals surface area contributed by atoms with Crippen molar-refractivity contribution in [2.24, 2.45) is 0 Å². The number of ketones is 1. The monoisotopic (exact) mass is 198 g/mol. The lowest BCUT2D eigenvalue weighted by atomic mass is 10.1. The van der Waals surface area contributed by atoms with Crippen LogP contribution < -0.4 is 5.32 Å². The maximum Gasteiger partial charge on any atom is 0.237 e. The minimum absolute atomic E-state index is 0.0387. The van der Waals surface area contributed by atoms with Crippen LogP contribution in [0.2, 0.25) is 0 Å². The molecule has 0 bridgehead atoms. The lowest BCUT2D eigenvalue weighted by Gasteiger charge is -2.23. The van der Waals surface area contributed by atoms with Crippen LogP contribution in [0, 0.1) is 0 Å². The van der Waals surface area contributed by atoms with Gasteiger partial charge in [0.05, 0.1) is 12.6 Å². The Morgan fingerprint density at radius 2 is 2.21 bits per heavy atom. The van der Waals surface area contributed by atoms with Crippen LogP contribution >= 0.6 is 0 Å². The number of carbonyl (C=O) groups is 2. The van der Waals surface area contributed by atoms with Crippen LogP contribution in [-0.4, -0.2) is 42.8 Å². The largest absolute Gasteiger partial charge is 0.332 e. The van der Waals surface area contributed by atoms with Gasteiger partial charge in [0.2, 0.25) is 5.91 Å². The second-order valence-corrected chi connectivity index (χ2v) is 3.60. The lowest BCUT2D eigenvalue weighted by Crippen LogP contribution is -2.43. The zero-order valence-corrected chi connectivity index (χ0v) is 8.88. The highest BCUT2D eigenvalue weighted by atomic mass is 16.2. The molecule has 1 amide bonds. The third kappa shape index (κ3) is 2.32. The zero-order chi connectivity index (χ0) is 10.6. The maximum absolute atomic E-state index is 11.6. The summed E-state index contributed by atoms with van der Waals surface area (Å²) in [5.74, 6) is 0.226. The van der Waals surface area contributed by atoms with Gasteiger partial charge in [0.25, 0.3) is 0 Å². The second-order valence-electron chi connectivity index (χ2n) is 3.60. The highest BCUT2D eigenvalue weighted by Gasteiger charge is 2.32. The Morgan fingerprint density at radius 3 is 2.79 bits per heavy atom. The van der Waals surface area contributed by atoms with E-state index in [4.69, 9.17) is 0 Å². The molecular weight excluding hydrogens is 180 g/mol. The van der Waals surface area contributed by atoms with E-state index in [1.807, 2.05) is 6.92 Å². The molecule has 1 unspecified atom stereocenters. The van der Waals surface area contributed by atoms with Crippen molar-refractivity contribution >= 4 is 11.7 Å². The molecule has 80 valence electrons. The average Bonchev–Trinajstić information content (AvgIpc) is 2.65. The Hall–Kier alpha value is -0.900. The Balaban J connectivity index is 2.59. The molecule has 0 saturated carbocycles. The van der Waals surface area contributed by atoms with E-state index in [-0.39, 0.29) is 17.7 Å². The molecule has 1 aliphatic rings. The molecule has 1 rings (SSSR count). The highest BCUT2D eigenvalue weighted by molar-refractivity contribution is 5.90. The second kappa shape index (κ2) is 5.10. The third-order valence-electron chi connectivity index (χ3n) is 2.62. The Kier molecular flexibility index (Phi) is 4.07. The predicted octanol–water partition coefficient (Wildman–Crippen LogP) is 0.176. The van der Waals surface area contributed by atoms with Gasteiger partial charge in [-0.3, -0.25) is 9.59 Å². The van der Waals surface area contributed by atoms with E-state index in [0.29, 0.717) is 13.0 Å². The summed E-state index contributed by atoms with van der Waals surface area (Å²) < 4.78 is 0. The summed E-state index contributed by atoms with van der Waals surface area (Å²) in [6.45, 7) is 2.91. The summed E-state index contributed by atoms with van der Waals surface area (Å²) in [6, 6.07) is -0.152. The number of hydrogen-bond acceptors (Lipinski definition) is 3. The summed E-state index contributed by atoms with van der Waals surface area (Å²) in [5, 5.41) is 2.82. The van der Waals surface area contributed by atoms with E-state index in [9.17, 15) is 9.59 Å². The summed E-state index contributed by atoms with van der Waals surface area (Å²) in [7, 11) is 1.74. The van der Waals surface area contributed by atoms with Crippen molar-refractivity contribution in [2.75, 3.05) is 20.1 Å². The number of hydrogen-bond donors (Lipinski definition) is 1. The molecule has 1 fully saturated rings. The van der Waals surface area contributed by atoms with E-state index in [0.717, 1.165) is 19.4 Å². The Labute approximate surface area is 84.7 Å². The smallest absolute Gasteiger partial charge is 0.237 e. The van der Waals surface area contributed by atoms with E-state index in [1.54, 1.807) is 11.9 Å². The number of nitrogens with zero attached hydrogens (tertiary/aromatic N) is 1. The highest BCUT2D eigenvalue weighted by Crippen LogP contribution is 2.18. The third-order valence-corrected chi connectivity index (χ3v) is 2.62. The number of carbonyl (C=O) groups excluding carboxylic acids is 2. The number of nitrogens with one attached hydrogen (secondary N) is 1. The number of likely N-dealkylation sites (tertiary alicyclic amines) is 1. The van der Waals surface area contributed by atoms with Gasteiger partial charge >= 0.3 is 0 Å². The summed E-state index contributed by atoms with van der Waals surface area (Å²) in [5.41, 5.74) is 0. The molecule has 4 heteroatoms. The fourth-order valence-electron chi connectivity index (χ4n) is 1.89. The van der Waals surface area contributed by atoms with Gasteiger partial charge in [0, 0.05) is 13.0 Å². The Bertz CT molecular complexity index is 228. The average molecular weight is 198 g/mol. The number of rotatable bonds is 4. The molecule has 0 radical (unpaired) electrons. The zero-order valence-electron chi connectivity index (χ0n) is 8.88. The normalized spacial score (nSPS) is 21.3. The molecule has 1 atom stereocenters. The van der Waals surface area contributed by atoms with Gasteiger partial charge in [-0.15, -0.1) is 0 Å². The van der Waals surface area contributed by atoms with Crippen LogP contribution in [0.15, 0.2) is 0 Å². The van der Waals surface area contributed by atoms with Gasteiger partial charge in [-0.1, -0.05) is 6.92 Å². The molecule has 0 aromatic rings. The van der Waals surface area contributed by atoms with Crippen molar-refractivity contribution in [1.82, 2.24) is 10.2 Å². The van der Waals surface area contributed by atoms with E-state index in [2.05, 4.69) is 5.32 Å². The van der Waals surface area contributed by atoms with Gasteiger partial charge in [-0.2, -0.15) is 0 Å². The first-order chi connectivity index (χ1) is 6.70. The van der Waals surface area contributed by atoms with Crippen LogP contribution in [0.5, 0.6) is 0 Å². The first-order valence-electron chi connectivity index (χ1n) is 5.17. The molecule has 1 saturated heterocycles. The van der Waals surface area contributed by atoms with Gasteiger partial charge < -0.3 is 10.2 Å². The van der Waals surface area contributed by atoms with Gasteiger partial charge in [-0.05, 0) is 19.9 Å². The van der Waals surface area contributed by atoms with E-state index < -0.39 is 0 Å². The lowest BCUT2D eigenvalue weighted by molar-refractivity contribution is -0.136. The minimum atomic E-state index is -0.152. The quantitative estimate of drug-likeness (QED) is 0.701. The molecule has 1 aliphatic heterocycles.